The highest BCUT2D eigenvalue weighted by Crippen LogP contribution is 2.21. The highest BCUT2D eigenvalue weighted by molar-refractivity contribution is 5.19. The Bertz CT molecular complexity index is 391. The van der Waals surface area contributed by atoms with E-state index in [0.717, 1.165) is 32.1 Å². The molecule has 2 unspecified atom stereocenters. The van der Waals surface area contributed by atoms with Crippen LogP contribution in [0.15, 0.2) is 18.2 Å². The molecule has 18 heavy (non-hydrogen) atoms. The maximum absolute atomic E-state index is 13.6. The summed E-state index contributed by atoms with van der Waals surface area (Å²) in [6, 6.07) is 3.99. The van der Waals surface area contributed by atoms with Crippen molar-refractivity contribution >= 4 is 0 Å². The molecule has 4 heteroatoms. The van der Waals surface area contributed by atoms with Crippen molar-refractivity contribution in [1.82, 2.24) is 5.32 Å². The molecule has 0 bridgehead atoms. The van der Waals surface area contributed by atoms with Crippen LogP contribution in [0.3, 0.4) is 0 Å². The first-order valence-electron chi connectivity index (χ1n) is 6.38. The molecule has 1 N–H and O–H groups in total. The van der Waals surface area contributed by atoms with Crippen molar-refractivity contribution in [3.8, 4) is 0 Å². The molecule has 1 fully saturated rings. The summed E-state index contributed by atoms with van der Waals surface area (Å²) < 4.78 is 31.7. The van der Waals surface area contributed by atoms with Gasteiger partial charge in [-0.25, -0.2) is 8.78 Å². The maximum atomic E-state index is 13.6. The molecule has 1 aromatic carbocycles. The minimum Gasteiger partial charge on any atom is -0.381 e. The van der Waals surface area contributed by atoms with Crippen LogP contribution < -0.4 is 5.32 Å². The fourth-order valence-electron chi connectivity index (χ4n) is 2.43. The molecule has 2 rings (SSSR count). The summed E-state index contributed by atoms with van der Waals surface area (Å²) in [5, 5.41) is 3.20. The van der Waals surface area contributed by atoms with Crippen molar-refractivity contribution in [3.63, 3.8) is 0 Å². The number of ether oxygens (including phenoxy) is 1. The Balaban J connectivity index is 1.96. The predicted octanol–water partition coefficient (Wildman–Crippen LogP) is 2.52. The molecular formula is C14H19F2NO. The van der Waals surface area contributed by atoms with E-state index in [1.165, 1.54) is 12.1 Å². The van der Waals surface area contributed by atoms with E-state index >= 15 is 0 Å². The Morgan fingerprint density at radius 3 is 2.89 bits per heavy atom. The molecule has 0 aromatic heterocycles. The normalized spacial score (nSPS) is 21.2. The first-order chi connectivity index (χ1) is 8.69. The number of nitrogens with one attached hydrogen (secondary N) is 1. The lowest BCUT2D eigenvalue weighted by Crippen LogP contribution is -2.30. The first kappa shape index (κ1) is 13.4. The topological polar surface area (TPSA) is 21.3 Å². The highest BCUT2D eigenvalue weighted by atomic mass is 19.1. The third-order valence-electron chi connectivity index (χ3n) is 3.53. The molecule has 2 atom stereocenters. The van der Waals surface area contributed by atoms with Crippen LogP contribution in [-0.2, 0) is 11.2 Å². The number of likely N-dealkylation sites (N-methyl/N-ethyl adjacent to an activating group) is 1. The SMILES string of the molecule is CNC(Cc1ccc(F)cc1F)CC1CCOC1. The molecule has 0 radical (unpaired) electrons. The van der Waals surface area contributed by atoms with E-state index in [4.69, 9.17) is 4.74 Å². The molecule has 2 nitrogen and oxygen atoms in total. The van der Waals surface area contributed by atoms with Crippen LogP contribution in [0, 0.1) is 17.6 Å². The molecular weight excluding hydrogens is 236 g/mol. The summed E-state index contributed by atoms with van der Waals surface area (Å²) in [5.41, 5.74) is 0.565. The van der Waals surface area contributed by atoms with Crippen LogP contribution >= 0.6 is 0 Å². The van der Waals surface area contributed by atoms with Crippen LogP contribution in [0.4, 0.5) is 8.78 Å². The second-order valence-electron chi connectivity index (χ2n) is 4.89. The quantitative estimate of drug-likeness (QED) is 0.873. The maximum Gasteiger partial charge on any atom is 0.129 e. The predicted molar refractivity (Wildman–Crippen MR) is 66.5 cm³/mol. The second-order valence-corrected chi connectivity index (χ2v) is 4.89. The average Bonchev–Trinajstić information content (AvgIpc) is 2.84. The Hall–Kier alpha value is -1.00. The van der Waals surface area contributed by atoms with Gasteiger partial charge in [0.15, 0.2) is 0 Å². The Morgan fingerprint density at radius 1 is 1.44 bits per heavy atom. The minimum atomic E-state index is -0.526. The van der Waals surface area contributed by atoms with Crippen LogP contribution in [0.5, 0.6) is 0 Å². The van der Waals surface area contributed by atoms with E-state index < -0.39 is 11.6 Å². The van der Waals surface area contributed by atoms with Gasteiger partial charge in [0.2, 0.25) is 0 Å². The molecule has 0 aliphatic carbocycles. The van der Waals surface area contributed by atoms with Gasteiger partial charge in [0.25, 0.3) is 0 Å². The number of halogens is 2. The lowest BCUT2D eigenvalue weighted by Gasteiger charge is -2.19. The zero-order valence-electron chi connectivity index (χ0n) is 10.6. The van der Waals surface area contributed by atoms with Crippen LogP contribution in [0.1, 0.15) is 18.4 Å². The fraction of sp³-hybridized carbons (Fsp3) is 0.571. The molecule has 1 aromatic rings. The molecule has 100 valence electrons. The molecule has 1 heterocycles. The minimum absolute atomic E-state index is 0.205. The monoisotopic (exact) mass is 255 g/mol. The van der Waals surface area contributed by atoms with Gasteiger partial charge >= 0.3 is 0 Å². The third kappa shape index (κ3) is 3.50. The zero-order chi connectivity index (χ0) is 13.0. The molecule has 1 aliphatic rings. The van der Waals surface area contributed by atoms with Crippen LogP contribution in [0.25, 0.3) is 0 Å². The molecule has 1 saturated heterocycles. The van der Waals surface area contributed by atoms with Crippen molar-refractivity contribution in [2.45, 2.75) is 25.3 Å². The Morgan fingerprint density at radius 2 is 2.28 bits per heavy atom. The molecule has 0 saturated carbocycles. The van der Waals surface area contributed by atoms with Gasteiger partial charge in [-0.05, 0) is 43.9 Å². The number of hydrogen-bond acceptors (Lipinski definition) is 2. The van der Waals surface area contributed by atoms with E-state index in [1.807, 2.05) is 7.05 Å². The van der Waals surface area contributed by atoms with E-state index in [9.17, 15) is 8.78 Å². The van der Waals surface area contributed by atoms with Gasteiger partial charge in [0.05, 0.1) is 0 Å². The second kappa shape index (κ2) is 6.25. The van der Waals surface area contributed by atoms with Gasteiger partial charge in [0.1, 0.15) is 11.6 Å². The van der Waals surface area contributed by atoms with E-state index in [1.54, 1.807) is 0 Å². The highest BCUT2D eigenvalue weighted by Gasteiger charge is 2.20. The lowest BCUT2D eigenvalue weighted by atomic mass is 9.94. The molecule has 1 aliphatic heterocycles. The summed E-state index contributed by atoms with van der Waals surface area (Å²) in [6.07, 6.45) is 2.62. The number of hydrogen-bond donors (Lipinski definition) is 1. The summed E-state index contributed by atoms with van der Waals surface area (Å²) in [7, 11) is 1.88. The van der Waals surface area contributed by atoms with E-state index in [-0.39, 0.29) is 6.04 Å². The third-order valence-corrected chi connectivity index (χ3v) is 3.53. The number of benzene rings is 1. The smallest absolute Gasteiger partial charge is 0.129 e. The standard InChI is InChI=1S/C14H19F2NO/c1-17-13(6-10-4-5-18-9-10)7-11-2-3-12(15)8-14(11)16/h2-3,8,10,13,17H,4-7,9H2,1H3. The van der Waals surface area contributed by atoms with Gasteiger partial charge in [-0.1, -0.05) is 6.07 Å². The summed E-state index contributed by atoms with van der Waals surface area (Å²) in [4.78, 5) is 0. The summed E-state index contributed by atoms with van der Waals surface area (Å²) in [5.74, 6) is -0.440. The van der Waals surface area contributed by atoms with E-state index in [0.29, 0.717) is 17.9 Å². The van der Waals surface area contributed by atoms with Gasteiger partial charge < -0.3 is 10.1 Å². The van der Waals surface area contributed by atoms with Crippen molar-refractivity contribution in [2.75, 3.05) is 20.3 Å². The van der Waals surface area contributed by atoms with Gasteiger partial charge in [-0.2, -0.15) is 0 Å². The van der Waals surface area contributed by atoms with Crippen molar-refractivity contribution in [1.29, 1.82) is 0 Å². The van der Waals surface area contributed by atoms with Crippen molar-refractivity contribution in [3.05, 3.63) is 35.4 Å². The van der Waals surface area contributed by atoms with E-state index in [2.05, 4.69) is 5.32 Å². The largest absolute Gasteiger partial charge is 0.381 e. The Kier molecular flexibility index (Phi) is 4.66. The van der Waals surface area contributed by atoms with Crippen LogP contribution in [0.2, 0.25) is 0 Å². The molecule has 0 spiro atoms. The Labute approximate surface area is 106 Å². The van der Waals surface area contributed by atoms with Crippen molar-refractivity contribution in [2.24, 2.45) is 5.92 Å². The average molecular weight is 255 g/mol. The molecule has 0 amide bonds. The summed E-state index contributed by atoms with van der Waals surface area (Å²) >= 11 is 0. The fourth-order valence-corrected chi connectivity index (χ4v) is 2.43. The van der Waals surface area contributed by atoms with Gasteiger partial charge in [-0.3, -0.25) is 0 Å². The summed E-state index contributed by atoms with van der Waals surface area (Å²) in [6.45, 7) is 1.62. The van der Waals surface area contributed by atoms with Crippen molar-refractivity contribution < 1.29 is 13.5 Å². The number of rotatable bonds is 5. The zero-order valence-corrected chi connectivity index (χ0v) is 10.6. The van der Waals surface area contributed by atoms with Gasteiger partial charge in [0, 0.05) is 25.3 Å². The van der Waals surface area contributed by atoms with Crippen LogP contribution in [-0.4, -0.2) is 26.3 Å². The first-order valence-corrected chi connectivity index (χ1v) is 6.38. The van der Waals surface area contributed by atoms with Gasteiger partial charge in [-0.15, -0.1) is 0 Å². The lowest BCUT2D eigenvalue weighted by molar-refractivity contribution is 0.181.